The molecule has 3 fully saturated rings. The summed E-state index contributed by atoms with van der Waals surface area (Å²) in [7, 11) is 0. The van der Waals surface area contributed by atoms with Crippen LogP contribution in [-0.4, -0.2) is 47.3 Å². The Morgan fingerprint density at radius 3 is 2.33 bits per heavy atom. The van der Waals surface area contributed by atoms with E-state index in [4.69, 9.17) is 4.74 Å². The highest BCUT2D eigenvalue weighted by Crippen LogP contribution is 2.50. The molecule has 0 aromatic rings. The Morgan fingerprint density at radius 2 is 1.86 bits per heavy atom. The van der Waals surface area contributed by atoms with Crippen LogP contribution in [0.3, 0.4) is 0 Å². The highest BCUT2D eigenvalue weighted by molar-refractivity contribution is 5.82. The molecule has 8 heteroatoms. The van der Waals surface area contributed by atoms with Crippen LogP contribution < -0.4 is 5.32 Å². The van der Waals surface area contributed by atoms with Gasteiger partial charge in [-0.1, -0.05) is 0 Å². The van der Waals surface area contributed by atoms with Crippen LogP contribution >= 0.6 is 0 Å². The van der Waals surface area contributed by atoms with Crippen LogP contribution in [0.2, 0.25) is 0 Å². The predicted octanol–water partition coefficient (Wildman–Crippen LogP) is 2.06. The van der Waals surface area contributed by atoms with Crippen LogP contribution in [-0.2, 0) is 9.53 Å². The minimum atomic E-state index is -4.91. The zero-order valence-corrected chi connectivity index (χ0v) is 12.2. The van der Waals surface area contributed by atoms with Crippen molar-refractivity contribution in [3.8, 4) is 0 Å². The van der Waals surface area contributed by atoms with Crippen LogP contribution in [0.4, 0.5) is 18.0 Å². The van der Waals surface area contributed by atoms with Gasteiger partial charge in [0.05, 0.1) is 5.54 Å². The van der Waals surface area contributed by atoms with Gasteiger partial charge in [0.25, 0.3) is 0 Å². The summed E-state index contributed by atoms with van der Waals surface area (Å²) in [4.78, 5) is 24.5. The summed E-state index contributed by atoms with van der Waals surface area (Å²) in [6.07, 6.45) is -4.24. The molecule has 5 nitrogen and oxygen atoms in total. The number of rotatable bonds is 2. The number of nitrogens with zero attached hydrogens (tertiary/aromatic N) is 1. The normalized spacial score (nSPS) is 28.1. The monoisotopic (exact) mass is 308 g/mol. The molecule has 0 atom stereocenters. The Morgan fingerprint density at radius 1 is 1.29 bits per heavy atom. The van der Waals surface area contributed by atoms with Gasteiger partial charge in [0.15, 0.2) is 0 Å². The van der Waals surface area contributed by atoms with Crippen molar-refractivity contribution in [2.24, 2.45) is 5.92 Å². The predicted molar refractivity (Wildman–Crippen MR) is 67.5 cm³/mol. The van der Waals surface area contributed by atoms with E-state index in [-0.39, 0.29) is 12.5 Å². The minimum Gasteiger partial charge on any atom is -0.444 e. The Kier molecular flexibility index (Phi) is 3.62. The van der Waals surface area contributed by atoms with Gasteiger partial charge in [-0.25, -0.2) is 4.79 Å². The molecule has 0 unspecified atom stereocenters. The SMILES string of the molecule is CC(C)(C)OC(=O)N1CC2CC1(CNC(=O)C(F)(F)F)C2. The second-order valence-electron chi connectivity index (χ2n) is 6.77. The highest BCUT2D eigenvalue weighted by Gasteiger charge is 2.59. The fraction of sp³-hybridized carbons (Fsp3) is 0.846. The van der Waals surface area contributed by atoms with E-state index in [1.807, 2.05) is 5.32 Å². The number of carbonyl (C=O) groups excluding carboxylic acids is 2. The lowest BCUT2D eigenvalue weighted by atomic mass is 9.73. The third-order valence-corrected chi connectivity index (χ3v) is 3.80. The van der Waals surface area contributed by atoms with E-state index in [1.165, 1.54) is 4.90 Å². The summed E-state index contributed by atoms with van der Waals surface area (Å²) < 4.78 is 41.9. The molecule has 120 valence electrons. The number of halogens is 3. The third-order valence-electron chi connectivity index (χ3n) is 3.80. The molecular weight excluding hydrogens is 289 g/mol. The average Bonchev–Trinajstić information content (AvgIpc) is 2.76. The van der Waals surface area contributed by atoms with Crippen LogP contribution in [0.1, 0.15) is 33.6 Å². The maximum atomic E-state index is 12.2. The largest absolute Gasteiger partial charge is 0.471 e. The van der Waals surface area contributed by atoms with Crippen molar-refractivity contribution < 1.29 is 27.5 Å². The lowest BCUT2D eigenvalue weighted by Gasteiger charge is -2.42. The summed E-state index contributed by atoms with van der Waals surface area (Å²) >= 11 is 0. The average molecular weight is 308 g/mol. The van der Waals surface area contributed by atoms with Crippen LogP contribution in [0.25, 0.3) is 0 Å². The van der Waals surface area contributed by atoms with Crippen LogP contribution in [0.15, 0.2) is 0 Å². The highest BCUT2D eigenvalue weighted by atomic mass is 19.4. The Bertz CT molecular complexity index is 451. The first-order chi connectivity index (χ1) is 9.43. The molecule has 3 aliphatic rings. The molecule has 2 saturated heterocycles. The summed E-state index contributed by atoms with van der Waals surface area (Å²) in [5.74, 6) is -1.70. The minimum absolute atomic E-state index is 0.193. The number of nitrogens with one attached hydrogen (secondary N) is 1. The zero-order valence-electron chi connectivity index (χ0n) is 12.2. The van der Waals surface area contributed by atoms with Crippen molar-refractivity contribution in [2.75, 3.05) is 13.1 Å². The molecule has 21 heavy (non-hydrogen) atoms. The van der Waals surface area contributed by atoms with Gasteiger partial charge in [0.2, 0.25) is 0 Å². The molecule has 0 radical (unpaired) electrons. The van der Waals surface area contributed by atoms with E-state index < -0.39 is 29.3 Å². The number of hydrogen-bond donors (Lipinski definition) is 1. The van der Waals surface area contributed by atoms with E-state index >= 15 is 0 Å². The maximum Gasteiger partial charge on any atom is 0.471 e. The first-order valence-corrected chi connectivity index (χ1v) is 6.79. The van der Waals surface area contributed by atoms with Gasteiger partial charge in [-0.15, -0.1) is 0 Å². The van der Waals surface area contributed by atoms with Crippen molar-refractivity contribution in [3.05, 3.63) is 0 Å². The summed E-state index contributed by atoms with van der Waals surface area (Å²) in [6.45, 7) is 5.45. The van der Waals surface area contributed by atoms with Crippen LogP contribution in [0.5, 0.6) is 0 Å². The molecule has 1 saturated carbocycles. The Balaban J connectivity index is 1.98. The number of alkyl halides is 3. The number of hydrogen-bond acceptors (Lipinski definition) is 3. The van der Waals surface area contributed by atoms with E-state index in [9.17, 15) is 22.8 Å². The Labute approximate surface area is 120 Å². The molecule has 2 aliphatic heterocycles. The summed E-state index contributed by atoms with van der Waals surface area (Å²) in [5.41, 5.74) is -1.39. The van der Waals surface area contributed by atoms with Gasteiger partial charge in [-0.3, -0.25) is 4.79 Å². The molecule has 0 spiro atoms. The van der Waals surface area contributed by atoms with Crippen molar-refractivity contribution >= 4 is 12.0 Å². The van der Waals surface area contributed by atoms with Gasteiger partial charge < -0.3 is 15.0 Å². The maximum absolute atomic E-state index is 12.2. The number of fused-ring (bicyclic) bond motifs is 1. The van der Waals surface area contributed by atoms with E-state index in [0.29, 0.717) is 19.4 Å². The smallest absolute Gasteiger partial charge is 0.444 e. The fourth-order valence-corrected chi connectivity index (χ4v) is 2.99. The van der Waals surface area contributed by atoms with Gasteiger partial charge in [-0.2, -0.15) is 13.2 Å². The van der Waals surface area contributed by atoms with Gasteiger partial charge in [0.1, 0.15) is 5.60 Å². The Hall–Kier alpha value is -1.47. The molecule has 0 aromatic heterocycles. The lowest BCUT2D eigenvalue weighted by molar-refractivity contribution is -0.174. The standard InChI is InChI=1S/C13H19F3N2O3/c1-11(2,3)21-10(20)18-6-8-4-12(18,5-8)7-17-9(19)13(14,15)16/h8H,4-7H2,1-3H3,(H,17,19). The van der Waals surface area contributed by atoms with Crippen molar-refractivity contribution in [1.29, 1.82) is 0 Å². The molecule has 1 aliphatic carbocycles. The van der Waals surface area contributed by atoms with E-state index in [2.05, 4.69) is 0 Å². The molecular formula is C13H19F3N2O3. The fourth-order valence-electron chi connectivity index (χ4n) is 2.99. The topological polar surface area (TPSA) is 58.6 Å². The molecule has 2 bridgehead atoms. The third kappa shape index (κ3) is 3.24. The van der Waals surface area contributed by atoms with Gasteiger partial charge in [0, 0.05) is 13.1 Å². The van der Waals surface area contributed by atoms with Crippen molar-refractivity contribution in [1.82, 2.24) is 10.2 Å². The number of amides is 2. The van der Waals surface area contributed by atoms with Crippen molar-refractivity contribution in [2.45, 2.75) is 50.9 Å². The van der Waals surface area contributed by atoms with Gasteiger partial charge in [-0.05, 0) is 39.5 Å². The molecule has 2 heterocycles. The van der Waals surface area contributed by atoms with Gasteiger partial charge >= 0.3 is 18.2 Å². The lowest BCUT2D eigenvalue weighted by Crippen LogP contribution is -2.57. The second kappa shape index (κ2) is 4.78. The van der Waals surface area contributed by atoms with E-state index in [1.54, 1.807) is 20.8 Å². The second-order valence-corrected chi connectivity index (χ2v) is 6.77. The quantitative estimate of drug-likeness (QED) is 0.849. The zero-order chi connectivity index (χ0) is 16.1. The molecule has 0 aromatic carbocycles. The molecule has 2 amide bonds. The summed E-state index contributed by atoms with van der Waals surface area (Å²) in [5, 5.41) is 1.88. The number of carbonyl (C=O) groups is 2. The molecule has 1 N–H and O–H groups in total. The van der Waals surface area contributed by atoms with E-state index in [0.717, 1.165) is 0 Å². The number of ether oxygens (including phenoxy) is 1. The first-order valence-electron chi connectivity index (χ1n) is 6.79. The summed E-state index contributed by atoms with van der Waals surface area (Å²) in [6, 6.07) is 0. The molecule has 3 rings (SSSR count). The first kappa shape index (κ1) is 15.9. The van der Waals surface area contributed by atoms with Crippen LogP contribution in [0, 0.1) is 5.92 Å². The van der Waals surface area contributed by atoms with Crippen molar-refractivity contribution in [3.63, 3.8) is 0 Å².